The molecule has 0 spiro atoms. The predicted octanol–water partition coefficient (Wildman–Crippen LogP) is 3.65. The highest BCUT2D eigenvalue weighted by Crippen LogP contribution is 2.27. The number of benzene rings is 1. The molecule has 15 heavy (non-hydrogen) atoms. The third-order valence-corrected chi connectivity index (χ3v) is 3.68. The van der Waals surface area contributed by atoms with E-state index < -0.39 is 0 Å². The summed E-state index contributed by atoms with van der Waals surface area (Å²) in [5.41, 5.74) is 1.50. The van der Waals surface area contributed by atoms with Gasteiger partial charge in [-0.05, 0) is 49.5 Å². The van der Waals surface area contributed by atoms with E-state index >= 15 is 0 Å². The van der Waals surface area contributed by atoms with Crippen molar-refractivity contribution in [3.05, 3.63) is 34.3 Å². The molecule has 1 aliphatic heterocycles. The molecule has 0 saturated carbocycles. The molecule has 0 radical (unpaired) electrons. The minimum absolute atomic E-state index is 0.754. The Balaban J connectivity index is 1.98. The minimum Gasteiger partial charge on any atom is -0.303 e. The Bertz CT molecular complexity index is 307. The van der Waals surface area contributed by atoms with E-state index in [4.69, 9.17) is 0 Å². The van der Waals surface area contributed by atoms with Gasteiger partial charge < -0.3 is 4.90 Å². The smallest absolute Gasteiger partial charge is 0.0175 e. The SMILES string of the molecule is CCCN1CCC(c2ccc(Br)cc2)C1. The summed E-state index contributed by atoms with van der Waals surface area (Å²) in [7, 11) is 0. The highest BCUT2D eigenvalue weighted by atomic mass is 79.9. The van der Waals surface area contributed by atoms with Crippen molar-refractivity contribution >= 4 is 15.9 Å². The molecule has 1 atom stereocenters. The third-order valence-electron chi connectivity index (χ3n) is 3.15. The van der Waals surface area contributed by atoms with Gasteiger partial charge in [-0.2, -0.15) is 0 Å². The molecule has 1 unspecified atom stereocenters. The fraction of sp³-hybridized carbons (Fsp3) is 0.538. The second-order valence-corrected chi connectivity index (χ2v) is 5.25. The maximum absolute atomic E-state index is 3.48. The summed E-state index contributed by atoms with van der Waals surface area (Å²) in [6, 6.07) is 8.81. The van der Waals surface area contributed by atoms with E-state index in [1.54, 1.807) is 0 Å². The van der Waals surface area contributed by atoms with Crippen LogP contribution in [0.15, 0.2) is 28.7 Å². The Labute approximate surface area is 101 Å². The zero-order chi connectivity index (χ0) is 10.7. The summed E-state index contributed by atoms with van der Waals surface area (Å²) in [5.74, 6) is 0.754. The standard InChI is InChI=1S/C13H18BrN/c1-2-8-15-9-7-12(10-15)11-3-5-13(14)6-4-11/h3-6,12H,2,7-10H2,1H3. The molecular weight excluding hydrogens is 250 g/mol. The normalized spacial score (nSPS) is 22.1. The Morgan fingerprint density at radius 3 is 2.73 bits per heavy atom. The van der Waals surface area contributed by atoms with E-state index in [1.165, 1.54) is 42.5 Å². The number of hydrogen-bond donors (Lipinski definition) is 0. The number of hydrogen-bond acceptors (Lipinski definition) is 1. The molecule has 0 bridgehead atoms. The van der Waals surface area contributed by atoms with E-state index in [1.807, 2.05) is 0 Å². The first-order valence-corrected chi connectivity index (χ1v) is 6.56. The van der Waals surface area contributed by atoms with Crippen LogP contribution >= 0.6 is 15.9 Å². The van der Waals surface area contributed by atoms with Crippen molar-refractivity contribution < 1.29 is 0 Å². The van der Waals surface area contributed by atoms with Crippen LogP contribution in [0.5, 0.6) is 0 Å². The molecule has 0 aromatic heterocycles. The lowest BCUT2D eigenvalue weighted by atomic mass is 9.99. The molecule has 0 aliphatic carbocycles. The molecule has 82 valence electrons. The van der Waals surface area contributed by atoms with E-state index in [0.717, 1.165) is 5.92 Å². The number of likely N-dealkylation sites (tertiary alicyclic amines) is 1. The number of halogens is 1. The van der Waals surface area contributed by atoms with Crippen LogP contribution in [0.1, 0.15) is 31.2 Å². The van der Waals surface area contributed by atoms with Gasteiger partial charge in [-0.1, -0.05) is 35.0 Å². The lowest BCUT2D eigenvalue weighted by molar-refractivity contribution is 0.335. The Hall–Kier alpha value is -0.340. The average molecular weight is 268 g/mol. The zero-order valence-electron chi connectivity index (χ0n) is 9.25. The van der Waals surface area contributed by atoms with Crippen molar-refractivity contribution in [3.63, 3.8) is 0 Å². The number of rotatable bonds is 3. The molecule has 1 aliphatic rings. The van der Waals surface area contributed by atoms with Gasteiger partial charge in [0.2, 0.25) is 0 Å². The molecule has 1 nitrogen and oxygen atoms in total. The molecular formula is C13H18BrN. The zero-order valence-corrected chi connectivity index (χ0v) is 10.8. The van der Waals surface area contributed by atoms with Crippen LogP contribution < -0.4 is 0 Å². The van der Waals surface area contributed by atoms with Gasteiger partial charge in [0.1, 0.15) is 0 Å². The van der Waals surface area contributed by atoms with Crippen molar-refractivity contribution in [2.75, 3.05) is 19.6 Å². The summed E-state index contributed by atoms with van der Waals surface area (Å²) in [4.78, 5) is 2.58. The Morgan fingerprint density at radius 2 is 2.07 bits per heavy atom. The van der Waals surface area contributed by atoms with Crippen LogP contribution in [0.25, 0.3) is 0 Å². The molecule has 1 saturated heterocycles. The second-order valence-electron chi connectivity index (χ2n) is 4.34. The van der Waals surface area contributed by atoms with Crippen LogP contribution in [0.3, 0.4) is 0 Å². The number of nitrogens with zero attached hydrogens (tertiary/aromatic N) is 1. The summed E-state index contributed by atoms with van der Waals surface area (Å²) in [6.07, 6.45) is 2.59. The molecule has 2 heteroatoms. The third kappa shape index (κ3) is 2.82. The fourth-order valence-corrected chi connectivity index (χ4v) is 2.62. The topological polar surface area (TPSA) is 3.24 Å². The van der Waals surface area contributed by atoms with Gasteiger partial charge in [-0.3, -0.25) is 0 Å². The van der Waals surface area contributed by atoms with Gasteiger partial charge in [0, 0.05) is 11.0 Å². The van der Waals surface area contributed by atoms with Gasteiger partial charge in [0.15, 0.2) is 0 Å². The second kappa shape index (κ2) is 5.13. The van der Waals surface area contributed by atoms with Gasteiger partial charge >= 0.3 is 0 Å². The van der Waals surface area contributed by atoms with Crippen molar-refractivity contribution in [2.24, 2.45) is 0 Å². The van der Waals surface area contributed by atoms with Crippen LogP contribution in [0.4, 0.5) is 0 Å². The lowest BCUT2D eigenvalue weighted by Crippen LogP contribution is -2.20. The van der Waals surface area contributed by atoms with Crippen molar-refractivity contribution in [3.8, 4) is 0 Å². The van der Waals surface area contributed by atoms with Gasteiger partial charge in [-0.15, -0.1) is 0 Å². The van der Waals surface area contributed by atoms with Crippen molar-refractivity contribution in [1.29, 1.82) is 0 Å². The first kappa shape index (κ1) is 11.2. The quantitative estimate of drug-likeness (QED) is 0.808. The van der Waals surface area contributed by atoms with Crippen LogP contribution in [0, 0.1) is 0 Å². The minimum atomic E-state index is 0.754. The monoisotopic (exact) mass is 267 g/mol. The molecule has 1 fully saturated rings. The fourth-order valence-electron chi connectivity index (χ4n) is 2.36. The molecule has 1 aromatic rings. The maximum Gasteiger partial charge on any atom is 0.0175 e. The largest absolute Gasteiger partial charge is 0.303 e. The predicted molar refractivity (Wildman–Crippen MR) is 68.2 cm³/mol. The Kier molecular flexibility index (Phi) is 3.81. The van der Waals surface area contributed by atoms with E-state index in [2.05, 4.69) is 52.0 Å². The summed E-state index contributed by atoms with van der Waals surface area (Å²) < 4.78 is 1.18. The van der Waals surface area contributed by atoms with Crippen LogP contribution in [0.2, 0.25) is 0 Å². The highest BCUT2D eigenvalue weighted by Gasteiger charge is 2.22. The van der Waals surface area contributed by atoms with E-state index in [0.29, 0.717) is 0 Å². The highest BCUT2D eigenvalue weighted by molar-refractivity contribution is 9.10. The molecule has 0 N–H and O–H groups in total. The first-order valence-electron chi connectivity index (χ1n) is 5.77. The van der Waals surface area contributed by atoms with Crippen LogP contribution in [-0.2, 0) is 0 Å². The van der Waals surface area contributed by atoms with E-state index in [9.17, 15) is 0 Å². The lowest BCUT2D eigenvalue weighted by Gasteiger charge is -2.14. The van der Waals surface area contributed by atoms with Gasteiger partial charge in [-0.25, -0.2) is 0 Å². The van der Waals surface area contributed by atoms with Crippen molar-refractivity contribution in [1.82, 2.24) is 4.90 Å². The molecule has 2 rings (SSSR count). The summed E-state index contributed by atoms with van der Waals surface area (Å²) in [5, 5.41) is 0. The summed E-state index contributed by atoms with van der Waals surface area (Å²) in [6.45, 7) is 6.03. The average Bonchev–Trinajstić information content (AvgIpc) is 2.68. The van der Waals surface area contributed by atoms with Crippen molar-refractivity contribution in [2.45, 2.75) is 25.7 Å². The maximum atomic E-state index is 3.48. The molecule has 1 aromatic carbocycles. The first-order chi connectivity index (χ1) is 7.29. The van der Waals surface area contributed by atoms with Gasteiger partial charge in [0.25, 0.3) is 0 Å². The van der Waals surface area contributed by atoms with E-state index in [-0.39, 0.29) is 0 Å². The molecule has 1 heterocycles. The molecule has 0 amide bonds. The van der Waals surface area contributed by atoms with Crippen LogP contribution in [-0.4, -0.2) is 24.5 Å². The summed E-state index contributed by atoms with van der Waals surface area (Å²) >= 11 is 3.48. The Morgan fingerprint density at radius 1 is 1.33 bits per heavy atom. The van der Waals surface area contributed by atoms with Gasteiger partial charge in [0.05, 0.1) is 0 Å².